The van der Waals surface area contributed by atoms with Gasteiger partial charge in [-0.2, -0.15) is 0 Å². The van der Waals surface area contributed by atoms with Gasteiger partial charge in [0.2, 0.25) is 0 Å². The second-order valence-electron chi connectivity index (χ2n) is 3.75. The summed E-state index contributed by atoms with van der Waals surface area (Å²) in [4.78, 5) is 0. The molecule has 1 nitrogen and oxygen atoms in total. The minimum absolute atomic E-state index is 0.436. The van der Waals surface area contributed by atoms with Gasteiger partial charge in [0.1, 0.15) is 0 Å². The van der Waals surface area contributed by atoms with Crippen molar-refractivity contribution < 1.29 is 4.74 Å². The molecular formula is C11H15ClO. The van der Waals surface area contributed by atoms with Crippen LogP contribution in [0.15, 0.2) is 23.3 Å². The Labute approximate surface area is 84.4 Å². The van der Waals surface area contributed by atoms with Crippen molar-refractivity contribution in [1.29, 1.82) is 0 Å². The first-order chi connectivity index (χ1) is 6.36. The molecule has 0 aromatic rings. The third-order valence-electron chi connectivity index (χ3n) is 2.78. The molecule has 1 saturated heterocycles. The van der Waals surface area contributed by atoms with Crippen molar-refractivity contribution in [2.75, 3.05) is 6.61 Å². The van der Waals surface area contributed by atoms with Crippen LogP contribution in [0.4, 0.5) is 0 Å². The molecule has 0 radical (unpaired) electrons. The van der Waals surface area contributed by atoms with Gasteiger partial charge in [-0.15, -0.1) is 0 Å². The molecule has 1 aliphatic heterocycles. The van der Waals surface area contributed by atoms with Crippen molar-refractivity contribution in [3.63, 3.8) is 0 Å². The predicted octanol–water partition coefficient (Wildman–Crippen LogP) is 3.25. The van der Waals surface area contributed by atoms with E-state index in [0.29, 0.717) is 12.0 Å². The van der Waals surface area contributed by atoms with E-state index in [1.807, 2.05) is 6.08 Å². The highest BCUT2D eigenvalue weighted by atomic mass is 35.5. The molecule has 1 heterocycles. The maximum absolute atomic E-state index is 5.85. The average Bonchev–Trinajstić information content (AvgIpc) is 2.20. The van der Waals surface area contributed by atoms with Crippen LogP contribution in [-0.2, 0) is 4.74 Å². The normalized spacial score (nSPS) is 34.4. The van der Waals surface area contributed by atoms with Crippen LogP contribution >= 0.6 is 11.6 Å². The lowest BCUT2D eigenvalue weighted by Crippen LogP contribution is -2.27. The standard InChI is InChI=1S/C11H15ClO/c12-10-6-4-9(5-7-10)11-3-1-2-8-13-11/h4,6-7,9,11H,1-3,5,8H2/t9?,11-/m0/s1. The Balaban J connectivity index is 1.91. The second-order valence-corrected chi connectivity index (χ2v) is 4.19. The molecule has 1 aliphatic carbocycles. The van der Waals surface area contributed by atoms with Gasteiger partial charge in [0.05, 0.1) is 6.10 Å². The number of rotatable bonds is 1. The molecule has 0 N–H and O–H groups in total. The van der Waals surface area contributed by atoms with Gasteiger partial charge < -0.3 is 4.74 Å². The molecule has 0 spiro atoms. The quantitative estimate of drug-likeness (QED) is 0.629. The molecule has 2 aliphatic rings. The van der Waals surface area contributed by atoms with Crippen molar-refractivity contribution in [2.45, 2.75) is 31.8 Å². The first-order valence-electron chi connectivity index (χ1n) is 5.02. The monoisotopic (exact) mass is 198 g/mol. The topological polar surface area (TPSA) is 9.23 Å². The van der Waals surface area contributed by atoms with E-state index in [9.17, 15) is 0 Å². The molecule has 0 aromatic heterocycles. The molecule has 2 rings (SSSR count). The third-order valence-corrected chi connectivity index (χ3v) is 3.06. The highest BCUT2D eigenvalue weighted by Crippen LogP contribution is 2.28. The van der Waals surface area contributed by atoms with E-state index in [0.717, 1.165) is 18.1 Å². The van der Waals surface area contributed by atoms with E-state index in [-0.39, 0.29) is 0 Å². The Bertz CT molecular complexity index is 226. The molecular weight excluding hydrogens is 184 g/mol. The van der Waals surface area contributed by atoms with Crippen LogP contribution in [0.25, 0.3) is 0 Å². The Morgan fingerprint density at radius 1 is 1.38 bits per heavy atom. The van der Waals surface area contributed by atoms with Crippen molar-refractivity contribution >= 4 is 11.6 Å². The first kappa shape index (κ1) is 9.29. The van der Waals surface area contributed by atoms with Gasteiger partial charge in [-0.1, -0.05) is 23.8 Å². The van der Waals surface area contributed by atoms with E-state index < -0.39 is 0 Å². The molecule has 1 fully saturated rings. The fourth-order valence-electron chi connectivity index (χ4n) is 1.99. The van der Waals surface area contributed by atoms with Gasteiger partial charge in [-0.25, -0.2) is 0 Å². The summed E-state index contributed by atoms with van der Waals surface area (Å²) in [5.74, 6) is 0.558. The molecule has 0 amide bonds. The lowest BCUT2D eigenvalue weighted by atomic mass is 9.90. The number of halogens is 1. The molecule has 0 saturated carbocycles. The lowest BCUT2D eigenvalue weighted by Gasteiger charge is -2.29. The lowest BCUT2D eigenvalue weighted by molar-refractivity contribution is -0.00849. The van der Waals surface area contributed by atoms with E-state index in [2.05, 4.69) is 12.2 Å². The van der Waals surface area contributed by atoms with Crippen LogP contribution in [0.2, 0.25) is 0 Å². The Morgan fingerprint density at radius 2 is 2.31 bits per heavy atom. The number of ether oxygens (including phenoxy) is 1. The van der Waals surface area contributed by atoms with Crippen molar-refractivity contribution in [3.05, 3.63) is 23.3 Å². The molecule has 1 unspecified atom stereocenters. The predicted molar refractivity (Wildman–Crippen MR) is 54.8 cm³/mol. The zero-order chi connectivity index (χ0) is 9.10. The maximum Gasteiger partial charge on any atom is 0.0640 e. The zero-order valence-corrected chi connectivity index (χ0v) is 8.46. The van der Waals surface area contributed by atoms with Crippen LogP contribution in [0.5, 0.6) is 0 Å². The Hall–Kier alpha value is -0.270. The van der Waals surface area contributed by atoms with Gasteiger partial charge >= 0.3 is 0 Å². The Morgan fingerprint density at radius 3 is 2.92 bits per heavy atom. The number of hydrogen-bond donors (Lipinski definition) is 0. The summed E-state index contributed by atoms with van der Waals surface area (Å²) in [5, 5.41) is 0.868. The van der Waals surface area contributed by atoms with Crippen molar-refractivity contribution in [2.24, 2.45) is 5.92 Å². The smallest absolute Gasteiger partial charge is 0.0640 e. The molecule has 2 heteroatoms. The van der Waals surface area contributed by atoms with Gasteiger partial charge in [0.25, 0.3) is 0 Å². The molecule has 0 bridgehead atoms. The van der Waals surface area contributed by atoms with E-state index in [1.165, 1.54) is 19.3 Å². The van der Waals surface area contributed by atoms with E-state index in [1.54, 1.807) is 0 Å². The summed E-state index contributed by atoms with van der Waals surface area (Å²) in [6.07, 6.45) is 11.5. The minimum Gasteiger partial charge on any atom is -0.378 e. The van der Waals surface area contributed by atoms with Crippen molar-refractivity contribution in [3.8, 4) is 0 Å². The van der Waals surface area contributed by atoms with E-state index in [4.69, 9.17) is 16.3 Å². The maximum atomic E-state index is 5.85. The summed E-state index contributed by atoms with van der Waals surface area (Å²) in [6.45, 7) is 0.937. The summed E-state index contributed by atoms with van der Waals surface area (Å²) in [5.41, 5.74) is 0. The number of allylic oxidation sites excluding steroid dienone is 3. The third kappa shape index (κ3) is 2.35. The van der Waals surface area contributed by atoms with E-state index >= 15 is 0 Å². The molecule has 72 valence electrons. The summed E-state index contributed by atoms with van der Waals surface area (Å²) in [7, 11) is 0. The average molecular weight is 199 g/mol. The van der Waals surface area contributed by atoms with Gasteiger partial charge in [-0.05, 0) is 31.8 Å². The van der Waals surface area contributed by atoms with Crippen LogP contribution in [0, 0.1) is 5.92 Å². The van der Waals surface area contributed by atoms with Gasteiger partial charge in [-0.3, -0.25) is 0 Å². The summed E-state index contributed by atoms with van der Waals surface area (Å²) < 4.78 is 5.73. The SMILES string of the molecule is ClC1=CCC([C@@H]2CCCCO2)C=C1. The van der Waals surface area contributed by atoms with Gasteiger partial charge in [0.15, 0.2) is 0 Å². The van der Waals surface area contributed by atoms with Gasteiger partial charge in [0, 0.05) is 17.6 Å². The fraction of sp³-hybridized carbons (Fsp3) is 0.636. The first-order valence-corrected chi connectivity index (χ1v) is 5.39. The Kier molecular flexibility index (Phi) is 3.07. The van der Waals surface area contributed by atoms with Crippen LogP contribution in [0.1, 0.15) is 25.7 Å². The number of hydrogen-bond acceptors (Lipinski definition) is 1. The fourth-order valence-corrected chi connectivity index (χ4v) is 2.15. The summed E-state index contributed by atoms with van der Waals surface area (Å²) >= 11 is 5.85. The van der Waals surface area contributed by atoms with Crippen LogP contribution in [0.3, 0.4) is 0 Å². The molecule has 2 atom stereocenters. The minimum atomic E-state index is 0.436. The van der Waals surface area contributed by atoms with Crippen LogP contribution in [-0.4, -0.2) is 12.7 Å². The highest BCUT2D eigenvalue weighted by Gasteiger charge is 2.22. The largest absolute Gasteiger partial charge is 0.378 e. The van der Waals surface area contributed by atoms with Crippen LogP contribution < -0.4 is 0 Å². The summed E-state index contributed by atoms with van der Waals surface area (Å²) in [6, 6.07) is 0. The molecule has 13 heavy (non-hydrogen) atoms. The highest BCUT2D eigenvalue weighted by molar-refractivity contribution is 6.31. The zero-order valence-electron chi connectivity index (χ0n) is 7.71. The van der Waals surface area contributed by atoms with Crippen molar-refractivity contribution in [1.82, 2.24) is 0 Å². The molecule has 0 aromatic carbocycles. The second kappa shape index (κ2) is 4.30.